The van der Waals surface area contributed by atoms with Crippen LogP contribution in [0.25, 0.3) is 0 Å². The molecule has 3 rings (SSSR count). The predicted octanol–water partition coefficient (Wildman–Crippen LogP) is 4.74. The van der Waals surface area contributed by atoms with E-state index in [1.807, 2.05) is 6.92 Å². The number of nitrogens with zero attached hydrogens (tertiary/aromatic N) is 2. The summed E-state index contributed by atoms with van der Waals surface area (Å²) in [5.74, 6) is 0.399. The Morgan fingerprint density at radius 2 is 1.70 bits per heavy atom. The lowest BCUT2D eigenvalue weighted by Crippen LogP contribution is -2.42. The third-order valence-electron chi connectivity index (χ3n) is 5.88. The molecule has 0 aliphatic carbocycles. The van der Waals surface area contributed by atoms with Crippen molar-refractivity contribution in [2.75, 3.05) is 37.0 Å². The van der Waals surface area contributed by atoms with Gasteiger partial charge in [0.1, 0.15) is 6.54 Å². The molecule has 0 radical (unpaired) electrons. The molecule has 6 nitrogen and oxygen atoms in total. The summed E-state index contributed by atoms with van der Waals surface area (Å²) >= 11 is 12.2. The fraction of sp³-hybridized carbons (Fsp3) is 0.458. The number of benzene rings is 2. The van der Waals surface area contributed by atoms with E-state index in [4.69, 9.17) is 23.2 Å². The van der Waals surface area contributed by atoms with E-state index < -0.39 is 10.0 Å². The Kier molecular flexibility index (Phi) is 9.04. The lowest BCUT2D eigenvalue weighted by molar-refractivity contribution is -0.119. The molecule has 9 heteroatoms. The van der Waals surface area contributed by atoms with Gasteiger partial charge in [0.05, 0.1) is 10.6 Å². The number of aryl methyl sites for hydroxylation is 1. The number of rotatable bonds is 9. The summed E-state index contributed by atoms with van der Waals surface area (Å²) in [6.45, 7) is 7.38. The zero-order valence-electron chi connectivity index (χ0n) is 19.1. The molecule has 0 atom stereocenters. The largest absolute Gasteiger partial charge is 0.354 e. The highest BCUT2D eigenvalue weighted by Crippen LogP contribution is 2.29. The molecule has 0 aromatic heterocycles. The van der Waals surface area contributed by atoms with Crippen LogP contribution in [0.5, 0.6) is 0 Å². The summed E-state index contributed by atoms with van der Waals surface area (Å²) in [6.07, 6.45) is 3.23. The van der Waals surface area contributed by atoms with Crippen molar-refractivity contribution < 1.29 is 13.2 Å². The summed E-state index contributed by atoms with van der Waals surface area (Å²) in [5, 5.41) is 3.43. The molecule has 2 aromatic carbocycles. The van der Waals surface area contributed by atoms with Gasteiger partial charge in [-0.2, -0.15) is 0 Å². The van der Waals surface area contributed by atoms with Crippen molar-refractivity contribution >= 4 is 44.8 Å². The molecule has 0 saturated carbocycles. The van der Waals surface area contributed by atoms with Crippen molar-refractivity contribution in [3.05, 3.63) is 58.1 Å². The van der Waals surface area contributed by atoms with Gasteiger partial charge in [0.25, 0.3) is 10.0 Å². The number of carbonyl (C=O) groups is 1. The average molecular weight is 513 g/mol. The topological polar surface area (TPSA) is 69.7 Å². The SMILES string of the molecule is Cc1ccc(S(=O)(=O)N(CC(=O)NCCCN2CCC(C)CC2)c2cc(Cl)cc(Cl)c2)cc1. The van der Waals surface area contributed by atoms with Gasteiger partial charge >= 0.3 is 0 Å². The highest BCUT2D eigenvalue weighted by atomic mass is 35.5. The van der Waals surface area contributed by atoms with Gasteiger partial charge in [-0.1, -0.05) is 47.8 Å². The Balaban J connectivity index is 1.69. The van der Waals surface area contributed by atoms with Crippen molar-refractivity contribution in [3.63, 3.8) is 0 Å². The first-order valence-corrected chi connectivity index (χ1v) is 13.4. The molecular formula is C24H31Cl2N3O3S. The van der Waals surface area contributed by atoms with Crippen LogP contribution in [0, 0.1) is 12.8 Å². The molecule has 1 saturated heterocycles. The van der Waals surface area contributed by atoms with Gasteiger partial charge in [-0.05, 0) is 82.1 Å². The highest BCUT2D eigenvalue weighted by molar-refractivity contribution is 7.92. The summed E-state index contributed by atoms with van der Waals surface area (Å²) in [4.78, 5) is 15.2. The Hall–Kier alpha value is -1.80. The number of piperidine rings is 1. The Labute approximate surface area is 206 Å². The first-order valence-electron chi connectivity index (χ1n) is 11.2. The van der Waals surface area contributed by atoms with Crippen LogP contribution in [0.4, 0.5) is 5.69 Å². The second-order valence-electron chi connectivity index (χ2n) is 8.68. The molecule has 33 heavy (non-hydrogen) atoms. The molecule has 0 unspecified atom stereocenters. The van der Waals surface area contributed by atoms with Crippen LogP contribution in [0.3, 0.4) is 0 Å². The number of sulfonamides is 1. The van der Waals surface area contributed by atoms with Crippen molar-refractivity contribution in [1.29, 1.82) is 0 Å². The number of nitrogens with one attached hydrogen (secondary N) is 1. The van der Waals surface area contributed by atoms with Crippen molar-refractivity contribution in [3.8, 4) is 0 Å². The Morgan fingerprint density at radius 3 is 2.30 bits per heavy atom. The van der Waals surface area contributed by atoms with Crippen LogP contribution < -0.4 is 9.62 Å². The minimum atomic E-state index is -4.01. The van der Waals surface area contributed by atoms with Gasteiger partial charge in [-0.3, -0.25) is 9.10 Å². The summed E-state index contributed by atoms with van der Waals surface area (Å²) in [6, 6.07) is 11.0. The molecular weight excluding hydrogens is 481 g/mol. The van der Waals surface area contributed by atoms with Gasteiger partial charge in [-0.25, -0.2) is 8.42 Å². The van der Waals surface area contributed by atoms with E-state index in [2.05, 4.69) is 17.1 Å². The molecule has 1 heterocycles. The normalized spacial score (nSPS) is 15.4. The molecule has 180 valence electrons. The summed E-state index contributed by atoms with van der Waals surface area (Å²) in [5.41, 5.74) is 1.18. The number of hydrogen-bond acceptors (Lipinski definition) is 4. The van der Waals surface area contributed by atoms with E-state index >= 15 is 0 Å². The first kappa shape index (κ1) is 25.8. The molecule has 1 fully saturated rings. The number of anilines is 1. The van der Waals surface area contributed by atoms with Crippen LogP contribution >= 0.6 is 23.2 Å². The van der Waals surface area contributed by atoms with Crippen LogP contribution in [-0.2, 0) is 14.8 Å². The lowest BCUT2D eigenvalue weighted by atomic mass is 9.99. The van der Waals surface area contributed by atoms with Crippen molar-refractivity contribution in [2.45, 2.75) is 38.0 Å². The van der Waals surface area contributed by atoms with E-state index in [0.29, 0.717) is 6.54 Å². The van der Waals surface area contributed by atoms with E-state index in [-0.39, 0.29) is 33.1 Å². The average Bonchev–Trinajstić information content (AvgIpc) is 2.76. The molecule has 1 aliphatic rings. The number of carbonyl (C=O) groups excluding carboxylic acids is 1. The van der Waals surface area contributed by atoms with Gasteiger partial charge in [-0.15, -0.1) is 0 Å². The standard InChI is InChI=1S/C24H31Cl2N3O3S/c1-18-4-6-23(7-5-18)33(31,32)29(22-15-20(25)14-21(26)16-22)17-24(30)27-10-3-11-28-12-8-19(2)9-13-28/h4-7,14-16,19H,3,8-13,17H2,1-2H3,(H,27,30). The third kappa shape index (κ3) is 7.34. The van der Waals surface area contributed by atoms with Crippen molar-refractivity contribution in [1.82, 2.24) is 10.2 Å². The van der Waals surface area contributed by atoms with E-state index in [0.717, 1.165) is 41.8 Å². The lowest BCUT2D eigenvalue weighted by Gasteiger charge is -2.30. The van der Waals surface area contributed by atoms with Crippen molar-refractivity contribution in [2.24, 2.45) is 5.92 Å². The zero-order chi connectivity index (χ0) is 24.0. The third-order valence-corrected chi connectivity index (χ3v) is 8.11. The zero-order valence-corrected chi connectivity index (χ0v) is 21.4. The van der Waals surface area contributed by atoms with Gasteiger partial charge in [0, 0.05) is 16.6 Å². The molecule has 1 aliphatic heterocycles. The monoisotopic (exact) mass is 511 g/mol. The van der Waals surface area contributed by atoms with E-state index in [1.165, 1.54) is 43.2 Å². The summed E-state index contributed by atoms with van der Waals surface area (Å²) in [7, 11) is -4.01. The van der Waals surface area contributed by atoms with E-state index in [9.17, 15) is 13.2 Å². The second kappa shape index (κ2) is 11.6. The number of hydrogen-bond donors (Lipinski definition) is 1. The quantitative estimate of drug-likeness (QED) is 0.493. The predicted molar refractivity (Wildman–Crippen MR) is 135 cm³/mol. The molecule has 0 spiro atoms. The molecule has 1 amide bonds. The Morgan fingerprint density at radius 1 is 1.09 bits per heavy atom. The first-order chi connectivity index (χ1) is 15.6. The maximum atomic E-state index is 13.4. The minimum absolute atomic E-state index is 0.0938. The van der Waals surface area contributed by atoms with Crippen LogP contribution in [0.15, 0.2) is 47.4 Å². The smallest absolute Gasteiger partial charge is 0.264 e. The van der Waals surface area contributed by atoms with Crippen LogP contribution in [0.2, 0.25) is 10.0 Å². The van der Waals surface area contributed by atoms with Gasteiger partial charge < -0.3 is 10.2 Å². The highest BCUT2D eigenvalue weighted by Gasteiger charge is 2.27. The fourth-order valence-electron chi connectivity index (χ4n) is 3.84. The molecule has 1 N–H and O–H groups in total. The second-order valence-corrected chi connectivity index (χ2v) is 11.4. The van der Waals surface area contributed by atoms with Crippen LogP contribution in [0.1, 0.15) is 31.7 Å². The maximum Gasteiger partial charge on any atom is 0.264 e. The van der Waals surface area contributed by atoms with Gasteiger partial charge in [0.2, 0.25) is 5.91 Å². The molecule has 2 aromatic rings. The number of amides is 1. The minimum Gasteiger partial charge on any atom is -0.354 e. The summed E-state index contributed by atoms with van der Waals surface area (Å²) < 4.78 is 27.9. The number of likely N-dealkylation sites (tertiary alicyclic amines) is 1. The fourth-order valence-corrected chi connectivity index (χ4v) is 5.76. The Bertz CT molecular complexity index is 1030. The molecule has 0 bridgehead atoms. The van der Waals surface area contributed by atoms with Crippen LogP contribution in [-0.4, -0.2) is 51.9 Å². The maximum absolute atomic E-state index is 13.4. The van der Waals surface area contributed by atoms with Gasteiger partial charge in [0.15, 0.2) is 0 Å². The number of halogens is 2. The van der Waals surface area contributed by atoms with E-state index in [1.54, 1.807) is 12.1 Å².